The molecule has 6 nitrogen and oxygen atoms in total. The smallest absolute Gasteiger partial charge is 0.224 e. The van der Waals surface area contributed by atoms with Gasteiger partial charge < -0.3 is 15.0 Å². The fourth-order valence-electron chi connectivity index (χ4n) is 2.77. The van der Waals surface area contributed by atoms with Gasteiger partial charge in [-0.05, 0) is 0 Å². The van der Waals surface area contributed by atoms with Crippen molar-refractivity contribution in [1.82, 2.24) is 20.0 Å². The molecule has 3 rings (SSSR count). The van der Waals surface area contributed by atoms with Crippen LogP contribution in [0.1, 0.15) is 18.1 Å². The molecule has 2 saturated heterocycles. The molecule has 3 heterocycles. The molecule has 23 heavy (non-hydrogen) atoms. The van der Waals surface area contributed by atoms with Gasteiger partial charge in [-0.3, -0.25) is 9.48 Å². The van der Waals surface area contributed by atoms with Crippen LogP contribution >= 0.6 is 36.6 Å². The van der Waals surface area contributed by atoms with Gasteiger partial charge in [0.05, 0.1) is 19.3 Å². The third-order valence-corrected chi connectivity index (χ3v) is 5.07. The number of hydrogen-bond donors (Lipinski definition) is 1. The van der Waals surface area contributed by atoms with Crippen LogP contribution in [0.4, 0.5) is 0 Å². The Bertz CT molecular complexity index is 497. The summed E-state index contributed by atoms with van der Waals surface area (Å²) in [6.07, 6.45) is 4.31. The van der Waals surface area contributed by atoms with Crippen molar-refractivity contribution in [2.75, 3.05) is 37.7 Å². The van der Waals surface area contributed by atoms with E-state index in [-0.39, 0.29) is 36.8 Å². The lowest BCUT2D eigenvalue weighted by atomic mass is 10.1. The summed E-state index contributed by atoms with van der Waals surface area (Å²) in [5.74, 6) is 2.40. The largest absolute Gasteiger partial charge is 0.370 e. The fraction of sp³-hybridized carbons (Fsp3) is 0.714. The van der Waals surface area contributed by atoms with Crippen LogP contribution in [0.5, 0.6) is 0 Å². The number of ether oxygens (including phenoxy) is 1. The van der Waals surface area contributed by atoms with E-state index in [9.17, 15) is 4.79 Å². The van der Waals surface area contributed by atoms with Gasteiger partial charge in [-0.1, -0.05) is 0 Å². The maximum Gasteiger partial charge on any atom is 0.224 e. The number of hydrogen-bond acceptors (Lipinski definition) is 5. The number of aromatic nitrogens is 2. The van der Waals surface area contributed by atoms with Gasteiger partial charge in [0.25, 0.3) is 0 Å². The van der Waals surface area contributed by atoms with Gasteiger partial charge in [0, 0.05) is 55.9 Å². The minimum absolute atomic E-state index is 0. The number of carbonyl (C=O) groups is 1. The maximum atomic E-state index is 12.4. The molecule has 0 saturated carbocycles. The third kappa shape index (κ3) is 5.53. The number of rotatable bonds is 3. The average molecular weight is 383 g/mol. The Kier molecular flexibility index (Phi) is 8.71. The molecular weight excluding hydrogens is 359 g/mol. The third-order valence-electron chi connectivity index (χ3n) is 3.94. The van der Waals surface area contributed by atoms with E-state index in [4.69, 9.17) is 4.74 Å². The Morgan fingerprint density at radius 2 is 2.35 bits per heavy atom. The van der Waals surface area contributed by atoms with E-state index in [0.29, 0.717) is 32.2 Å². The highest BCUT2D eigenvalue weighted by atomic mass is 35.5. The summed E-state index contributed by atoms with van der Waals surface area (Å²) in [5.41, 5.74) is 1.04. The molecule has 0 spiro atoms. The van der Waals surface area contributed by atoms with Gasteiger partial charge in [-0.15, -0.1) is 24.8 Å². The second-order valence-electron chi connectivity index (χ2n) is 5.58. The number of nitrogens with zero attached hydrogens (tertiary/aromatic N) is 3. The maximum absolute atomic E-state index is 12.4. The minimum Gasteiger partial charge on any atom is -0.370 e. The van der Waals surface area contributed by atoms with Crippen LogP contribution in [0.25, 0.3) is 0 Å². The minimum atomic E-state index is -0.0508. The number of aryl methyl sites for hydroxylation is 1. The van der Waals surface area contributed by atoms with E-state index in [1.54, 1.807) is 4.68 Å². The quantitative estimate of drug-likeness (QED) is 0.852. The summed E-state index contributed by atoms with van der Waals surface area (Å²) in [7, 11) is 1.89. The van der Waals surface area contributed by atoms with Crippen LogP contribution in [0.2, 0.25) is 0 Å². The second kappa shape index (κ2) is 9.74. The van der Waals surface area contributed by atoms with Crippen molar-refractivity contribution in [2.45, 2.75) is 18.6 Å². The highest BCUT2D eigenvalue weighted by Crippen LogP contribution is 2.22. The molecule has 2 aliphatic heterocycles. The summed E-state index contributed by atoms with van der Waals surface area (Å²) in [6.45, 7) is 2.92. The van der Waals surface area contributed by atoms with E-state index in [1.807, 2.05) is 36.1 Å². The van der Waals surface area contributed by atoms with Gasteiger partial charge in [0.15, 0.2) is 0 Å². The zero-order valence-electron chi connectivity index (χ0n) is 13.1. The molecule has 1 aromatic rings. The van der Waals surface area contributed by atoms with Crippen molar-refractivity contribution in [2.24, 2.45) is 7.05 Å². The molecule has 2 fully saturated rings. The van der Waals surface area contributed by atoms with E-state index in [2.05, 4.69) is 10.4 Å². The van der Waals surface area contributed by atoms with Crippen molar-refractivity contribution in [1.29, 1.82) is 0 Å². The van der Waals surface area contributed by atoms with Crippen LogP contribution in [-0.2, 0) is 16.6 Å². The molecule has 1 amide bonds. The molecule has 2 unspecified atom stereocenters. The summed E-state index contributed by atoms with van der Waals surface area (Å²) in [6, 6.07) is 0.316. The Morgan fingerprint density at radius 1 is 1.52 bits per heavy atom. The molecule has 1 N–H and O–H groups in total. The normalized spacial score (nSPS) is 24.5. The van der Waals surface area contributed by atoms with Crippen LogP contribution < -0.4 is 5.32 Å². The predicted molar refractivity (Wildman–Crippen MR) is 96.7 cm³/mol. The lowest BCUT2D eigenvalue weighted by molar-refractivity contribution is -0.139. The van der Waals surface area contributed by atoms with Gasteiger partial charge in [0.2, 0.25) is 5.91 Å². The standard InChI is InChI=1S/C14H22N4O2S.2ClH/c1-17-8-11(7-16-17)13-9-18(3-4-20-13)14(19)6-12-10-21-5-2-15-12;;/h7-8,12-13,15H,2-6,9-10H2,1H3;2*1H. The average Bonchev–Trinajstić information content (AvgIpc) is 2.95. The first kappa shape index (κ1) is 20.6. The lowest BCUT2D eigenvalue weighted by Crippen LogP contribution is -2.46. The Morgan fingerprint density at radius 3 is 3.00 bits per heavy atom. The molecule has 0 bridgehead atoms. The molecule has 1 aromatic heterocycles. The van der Waals surface area contributed by atoms with Crippen molar-refractivity contribution >= 4 is 42.5 Å². The van der Waals surface area contributed by atoms with Crippen LogP contribution in [0.15, 0.2) is 12.4 Å². The lowest BCUT2D eigenvalue weighted by Gasteiger charge is -2.34. The number of morpholine rings is 1. The number of nitrogens with one attached hydrogen (secondary N) is 1. The van der Waals surface area contributed by atoms with Gasteiger partial charge in [0.1, 0.15) is 6.10 Å². The Balaban J connectivity index is 0.00000132. The SMILES string of the molecule is Cl.Cl.Cn1cc(C2CN(C(=O)CC3CSCCN3)CCO2)cn1. The summed E-state index contributed by atoms with van der Waals surface area (Å²) >= 11 is 1.92. The van der Waals surface area contributed by atoms with E-state index >= 15 is 0 Å². The molecule has 0 aromatic carbocycles. The molecule has 2 aliphatic rings. The van der Waals surface area contributed by atoms with Gasteiger partial charge in [-0.25, -0.2) is 0 Å². The molecular formula is C14H24Cl2N4O2S. The first-order valence-corrected chi connectivity index (χ1v) is 8.57. The van der Waals surface area contributed by atoms with E-state index in [1.165, 1.54) is 0 Å². The number of thioether (sulfide) groups is 1. The molecule has 0 aliphatic carbocycles. The first-order chi connectivity index (χ1) is 10.2. The van der Waals surface area contributed by atoms with E-state index in [0.717, 1.165) is 23.6 Å². The van der Waals surface area contributed by atoms with Crippen LogP contribution in [0.3, 0.4) is 0 Å². The predicted octanol–water partition coefficient (Wildman–Crippen LogP) is 1.26. The van der Waals surface area contributed by atoms with E-state index < -0.39 is 0 Å². The number of halogens is 2. The molecule has 132 valence electrons. The highest BCUT2D eigenvalue weighted by molar-refractivity contribution is 7.99. The van der Waals surface area contributed by atoms with Crippen LogP contribution in [0, 0.1) is 0 Å². The van der Waals surface area contributed by atoms with Gasteiger partial charge in [-0.2, -0.15) is 16.9 Å². The molecule has 0 radical (unpaired) electrons. The number of amides is 1. The fourth-order valence-corrected chi connectivity index (χ4v) is 3.72. The van der Waals surface area contributed by atoms with Crippen LogP contribution in [-0.4, -0.2) is 64.4 Å². The monoisotopic (exact) mass is 382 g/mol. The first-order valence-electron chi connectivity index (χ1n) is 7.41. The zero-order valence-corrected chi connectivity index (χ0v) is 15.6. The molecule has 2 atom stereocenters. The highest BCUT2D eigenvalue weighted by Gasteiger charge is 2.28. The summed E-state index contributed by atoms with van der Waals surface area (Å²) in [5, 5.41) is 7.60. The van der Waals surface area contributed by atoms with Crippen molar-refractivity contribution < 1.29 is 9.53 Å². The van der Waals surface area contributed by atoms with Crippen molar-refractivity contribution in [3.63, 3.8) is 0 Å². The van der Waals surface area contributed by atoms with Crippen molar-refractivity contribution in [3.8, 4) is 0 Å². The number of carbonyl (C=O) groups excluding carboxylic acids is 1. The summed E-state index contributed by atoms with van der Waals surface area (Å²) in [4.78, 5) is 14.4. The Hall–Kier alpha value is -0.470. The van der Waals surface area contributed by atoms with Gasteiger partial charge >= 0.3 is 0 Å². The second-order valence-corrected chi connectivity index (χ2v) is 6.73. The van der Waals surface area contributed by atoms with Crippen molar-refractivity contribution in [3.05, 3.63) is 18.0 Å². The Labute approximate surface area is 153 Å². The molecule has 9 heteroatoms. The zero-order chi connectivity index (χ0) is 14.7. The topological polar surface area (TPSA) is 59.4 Å². The summed E-state index contributed by atoms with van der Waals surface area (Å²) < 4.78 is 7.55.